The number of carbonyl (C=O) groups excluding carboxylic acids is 1. The minimum Gasteiger partial charge on any atom is -0.332 e. The van der Waals surface area contributed by atoms with E-state index in [1.165, 1.54) is 29.7 Å². The zero-order chi connectivity index (χ0) is 16.5. The topological polar surface area (TPSA) is 23.6 Å². The van der Waals surface area contributed by atoms with Crippen LogP contribution in [0.25, 0.3) is 0 Å². The van der Waals surface area contributed by atoms with Gasteiger partial charge in [-0.1, -0.05) is 41.9 Å². The number of halogens is 1. The van der Waals surface area contributed by atoms with E-state index in [0.717, 1.165) is 37.0 Å². The van der Waals surface area contributed by atoms with Crippen molar-refractivity contribution in [1.29, 1.82) is 0 Å². The predicted octanol–water partition coefficient (Wildman–Crippen LogP) is 3.93. The summed E-state index contributed by atoms with van der Waals surface area (Å²) in [5, 5.41) is 0. The molecule has 2 heterocycles. The first kappa shape index (κ1) is 16.1. The van der Waals surface area contributed by atoms with Crippen LogP contribution in [0.2, 0.25) is 4.34 Å². The van der Waals surface area contributed by atoms with Gasteiger partial charge in [0, 0.05) is 31.7 Å². The van der Waals surface area contributed by atoms with E-state index >= 15 is 0 Å². The van der Waals surface area contributed by atoms with Crippen LogP contribution in [0, 0.1) is 0 Å². The second kappa shape index (κ2) is 6.87. The number of piperazine rings is 1. The van der Waals surface area contributed by atoms with Crippen molar-refractivity contribution in [3.63, 3.8) is 0 Å². The summed E-state index contributed by atoms with van der Waals surface area (Å²) in [4.78, 5) is 18.3. The summed E-state index contributed by atoms with van der Waals surface area (Å²) in [5.41, 5.74) is 1.29. The molecule has 24 heavy (non-hydrogen) atoms. The first-order chi connectivity index (χ1) is 11.7. The zero-order valence-corrected chi connectivity index (χ0v) is 15.1. The molecule has 1 saturated carbocycles. The molecule has 0 bridgehead atoms. The van der Waals surface area contributed by atoms with Gasteiger partial charge in [0.2, 0.25) is 0 Å². The standard InChI is InChI=1S/C19H21ClN2OS/c20-18-9-8-17(24-18)19(23)22-11-10-21(15-6-7-15)13-16(22)12-14-4-2-1-3-5-14/h1-5,8-9,15-16H,6-7,10-13H2/t16-/m1/s1. The maximum Gasteiger partial charge on any atom is 0.264 e. The minimum atomic E-state index is 0.128. The van der Waals surface area contributed by atoms with Crippen molar-refractivity contribution in [2.75, 3.05) is 19.6 Å². The lowest BCUT2D eigenvalue weighted by Gasteiger charge is -2.41. The Kier molecular flexibility index (Phi) is 4.61. The van der Waals surface area contributed by atoms with Crippen LogP contribution in [0.15, 0.2) is 42.5 Å². The van der Waals surface area contributed by atoms with E-state index in [4.69, 9.17) is 11.6 Å². The van der Waals surface area contributed by atoms with Crippen molar-refractivity contribution >= 4 is 28.8 Å². The lowest BCUT2D eigenvalue weighted by Crippen LogP contribution is -2.56. The van der Waals surface area contributed by atoms with Gasteiger partial charge in [-0.3, -0.25) is 9.69 Å². The maximum absolute atomic E-state index is 13.0. The second-order valence-corrected chi connectivity index (χ2v) is 8.39. The van der Waals surface area contributed by atoms with E-state index in [2.05, 4.69) is 34.1 Å². The van der Waals surface area contributed by atoms with Crippen molar-refractivity contribution in [3.8, 4) is 0 Å². The van der Waals surface area contributed by atoms with Gasteiger partial charge in [0.1, 0.15) is 0 Å². The summed E-state index contributed by atoms with van der Waals surface area (Å²) in [7, 11) is 0. The van der Waals surface area contributed by atoms with Gasteiger partial charge in [0.05, 0.1) is 9.21 Å². The van der Waals surface area contributed by atoms with E-state index in [9.17, 15) is 4.79 Å². The molecule has 2 aliphatic rings. The molecule has 1 aliphatic carbocycles. The highest BCUT2D eigenvalue weighted by Gasteiger charge is 2.37. The van der Waals surface area contributed by atoms with Gasteiger partial charge in [-0.05, 0) is 37.0 Å². The molecule has 126 valence electrons. The molecule has 0 N–H and O–H groups in total. The number of nitrogens with zero attached hydrogens (tertiary/aromatic N) is 2. The van der Waals surface area contributed by atoms with E-state index in [0.29, 0.717) is 4.34 Å². The third-order valence-corrected chi connectivity index (χ3v) is 6.16. The van der Waals surface area contributed by atoms with Crippen LogP contribution in [-0.2, 0) is 6.42 Å². The molecule has 4 rings (SSSR count). The lowest BCUT2D eigenvalue weighted by molar-refractivity contribution is 0.0441. The van der Waals surface area contributed by atoms with Crippen LogP contribution in [-0.4, -0.2) is 47.4 Å². The molecule has 1 aliphatic heterocycles. The van der Waals surface area contributed by atoms with Crippen molar-refractivity contribution in [2.24, 2.45) is 0 Å². The van der Waals surface area contributed by atoms with Gasteiger partial charge in [-0.15, -0.1) is 11.3 Å². The fraction of sp³-hybridized carbons (Fsp3) is 0.421. The molecule has 0 radical (unpaired) electrons. The molecule has 1 aromatic heterocycles. The summed E-state index contributed by atoms with van der Waals surface area (Å²) in [6, 6.07) is 15.1. The average molecular weight is 361 g/mol. The number of thiophene rings is 1. The average Bonchev–Trinajstić information content (AvgIpc) is 3.36. The Labute approximate surface area is 151 Å². The van der Waals surface area contributed by atoms with Crippen LogP contribution in [0.4, 0.5) is 0 Å². The summed E-state index contributed by atoms with van der Waals surface area (Å²) >= 11 is 7.40. The fourth-order valence-corrected chi connectivity index (χ4v) is 4.55. The molecule has 2 fully saturated rings. The molecule has 3 nitrogen and oxygen atoms in total. The first-order valence-corrected chi connectivity index (χ1v) is 9.74. The van der Waals surface area contributed by atoms with Gasteiger partial charge in [0.15, 0.2) is 0 Å². The quantitative estimate of drug-likeness (QED) is 0.824. The molecule has 1 atom stereocenters. The van der Waals surface area contributed by atoms with Crippen LogP contribution in [0.1, 0.15) is 28.1 Å². The van der Waals surface area contributed by atoms with Crippen molar-refractivity contribution in [3.05, 3.63) is 57.2 Å². The van der Waals surface area contributed by atoms with E-state index < -0.39 is 0 Å². The Morgan fingerprint density at radius 2 is 1.92 bits per heavy atom. The monoisotopic (exact) mass is 360 g/mol. The Hall–Kier alpha value is -1.36. The zero-order valence-electron chi connectivity index (χ0n) is 13.5. The molecule has 2 aromatic rings. The number of amides is 1. The highest BCUT2D eigenvalue weighted by molar-refractivity contribution is 7.17. The smallest absolute Gasteiger partial charge is 0.264 e. The molecule has 1 saturated heterocycles. The Morgan fingerprint density at radius 3 is 2.58 bits per heavy atom. The first-order valence-electron chi connectivity index (χ1n) is 8.55. The molecular formula is C19H21ClN2OS. The van der Waals surface area contributed by atoms with Gasteiger partial charge in [-0.25, -0.2) is 0 Å². The Bertz CT molecular complexity index is 713. The van der Waals surface area contributed by atoms with E-state index in [1.54, 1.807) is 0 Å². The van der Waals surface area contributed by atoms with Gasteiger partial charge in [0.25, 0.3) is 5.91 Å². The maximum atomic E-state index is 13.0. The largest absolute Gasteiger partial charge is 0.332 e. The van der Waals surface area contributed by atoms with Crippen molar-refractivity contribution < 1.29 is 4.79 Å². The number of hydrogen-bond acceptors (Lipinski definition) is 3. The van der Waals surface area contributed by atoms with Crippen molar-refractivity contribution in [2.45, 2.75) is 31.3 Å². The minimum absolute atomic E-state index is 0.128. The fourth-order valence-electron chi connectivity index (χ4n) is 3.55. The van der Waals surface area contributed by atoms with E-state index in [1.807, 2.05) is 18.2 Å². The number of rotatable bonds is 4. The highest BCUT2D eigenvalue weighted by atomic mass is 35.5. The number of benzene rings is 1. The SMILES string of the molecule is O=C(c1ccc(Cl)s1)N1CCN(C2CC2)C[C@H]1Cc1ccccc1. The third kappa shape index (κ3) is 3.51. The van der Waals surface area contributed by atoms with Crippen LogP contribution in [0.5, 0.6) is 0 Å². The van der Waals surface area contributed by atoms with Crippen LogP contribution in [0.3, 0.4) is 0 Å². The summed E-state index contributed by atoms with van der Waals surface area (Å²) in [6.07, 6.45) is 3.54. The van der Waals surface area contributed by atoms with Crippen LogP contribution >= 0.6 is 22.9 Å². The van der Waals surface area contributed by atoms with Crippen LogP contribution < -0.4 is 0 Å². The normalized spacial score (nSPS) is 21.9. The molecule has 1 aromatic carbocycles. The highest BCUT2D eigenvalue weighted by Crippen LogP contribution is 2.31. The van der Waals surface area contributed by atoms with Gasteiger partial charge >= 0.3 is 0 Å². The van der Waals surface area contributed by atoms with E-state index in [-0.39, 0.29) is 11.9 Å². The van der Waals surface area contributed by atoms with Gasteiger partial charge in [-0.2, -0.15) is 0 Å². The Balaban J connectivity index is 1.54. The summed E-state index contributed by atoms with van der Waals surface area (Å²) < 4.78 is 0.676. The Morgan fingerprint density at radius 1 is 1.12 bits per heavy atom. The number of hydrogen-bond donors (Lipinski definition) is 0. The summed E-state index contributed by atoms with van der Waals surface area (Å²) in [6.45, 7) is 2.77. The van der Waals surface area contributed by atoms with Crippen molar-refractivity contribution in [1.82, 2.24) is 9.80 Å². The molecule has 1 amide bonds. The molecule has 0 unspecified atom stereocenters. The predicted molar refractivity (Wildman–Crippen MR) is 98.9 cm³/mol. The molecule has 0 spiro atoms. The van der Waals surface area contributed by atoms with Gasteiger partial charge < -0.3 is 4.90 Å². The number of carbonyl (C=O) groups is 1. The second-order valence-electron chi connectivity index (χ2n) is 6.67. The third-order valence-electron chi connectivity index (χ3n) is 4.94. The lowest BCUT2D eigenvalue weighted by atomic mass is 10.0. The summed E-state index contributed by atoms with van der Waals surface area (Å²) in [5.74, 6) is 0.128. The molecular weight excluding hydrogens is 340 g/mol. The molecule has 5 heteroatoms.